The average molecular weight is 357 g/mol. The normalized spacial score (nSPS) is 17.6. The summed E-state index contributed by atoms with van der Waals surface area (Å²) >= 11 is 6.29. The van der Waals surface area contributed by atoms with Gasteiger partial charge in [-0.1, -0.05) is 11.6 Å². The number of hydrogen-bond acceptors (Lipinski definition) is 6. The monoisotopic (exact) mass is 356 g/mol. The van der Waals surface area contributed by atoms with E-state index in [2.05, 4.69) is 19.9 Å². The topological polar surface area (TPSA) is 70.0 Å². The minimum Gasteiger partial charge on any atom is -0.476 e. The predicted octanol–water partition coefficient (Wildman–Crippen LogP) is 3.55. The fourth-order valence-corrected chi connectivity index (χ4v) is 3.09. The highest BCUT2D eigenvalue weighted by Crippen LogP contribution is 2.30. The number of nitrogens with zero attached hydrogens (tertiary/aromatic N) is 4. The molecule has 1 saturated heterocycles. The molecular weight excluding hydrogens is 340 g/mol. The molecule has 6 nitrogen and oxygen atoms in total. The largest absolute Gasteiger partial charge is 0.476 e. The Hall–Kier alpha value is -2.31. The minimum atomic E-state index is 0.368. The summed E-state index contributed by atoms with van der Waals surface area (Å²) in [6.45, 7) is 2.10. The fraction of sp³-hybridized carbons (Fsp3) is 0.333. The molecule has 1 aliphatic heterocycles. The Bertz CT molecular complexity index is 884. The Morgan fingerprint density at radius 1 is 1.24 bits per heavy atom. The van der Waals surface area contributed by atoms with Gasteiger partial charge in [0.1, 0.15) is 0 Å². The molecule has 3 aromatic rings. The zero-order valence-corrected chi connectivity index (χ0v) is 14.3. The van der Waals surface area contributed by atoms with Crippen molar-refractivity contribution in [3.8, 4) is 17.1 Å². The summed E-state index contributed by atoms with van der Waals surface area (Å²) in [5.74, 6) is 0.832. The lowest BCUT2D eigenvalue weighted by atomic mass is 10.0. The van der Waals surface area contributed by atoms with Gasteiger partial charge < -0.3 is 9.47 Å². The molecule has 0 bridgehead atoms. The maximum Gasteiger partial charge on any atom is 0.242 e. The lowest BCUT2D eigenvalue weighted by molar-refractivity contribution is 0.0347. The quantitative estimate of drug-likeness (QED) is 0.712. The second-order valence-electron chi connectivity index (χ2n) is 5.99. The summed E-state index contributed by atoms with van der Waals surface area (Å²) in [6.07, 6.45) is 8.77. The molecule has 3 aromatic heterocycles. The highest BCUT2D eigenvalue weighted by Gasteiger charge is 2.17. The van der Waals surface area contributed by atoms with Crippen molar-refractivity contribution in [3.63, 3.8) is 0 Å². The van der Waals surface area contributed by atoms with E-state index in [4.69, 9.17) is 21.1 Å². The number of hydrogen-bond donors (Lipinski definition) is 0. The van der Waals surface area contributed by atoms with E-state index in [1.54, 1.807) is 30.9 Å². The van der Waals surface area contributed by atoms with E-state index < -0.39 is 0 Å². The van der Waals surface area contributed by atoms with Gasteiger partial charge in [-0.25, -0.2) is 9.97 Å². The van der Waals surface area contributed by atoms with Crippen molar-refractivity contribution in [1.29, 1.82) is 0 Å². The molecule has 0 radical (unpaired) electrons. The summed E-state index contributed by atoms with van der Waals surface area (Å²) in [4.78, 5) is 17.5. The number of pyridine rings is 2. The van der Waals surface area contributed by atoms with E-state index in [-0.39, 0.29) is 0 Å². The van der Waals surface area contributed by atoms with Crippen LogP contribution >= 0.6 is 11.6 Å². The van der Waals surface area contributed by atoms with Gasteiger partial charge in [0.2, 0.25) is 5.88 Å². The van der Waals surface area contributed by atoms with Gasteiger partial charge in [0, 0.05) is 42.9 Å². The maximum atomic E-state index is 6.29. The molecule has 0 saturated carbocycles. The molecular formula is C18H17ClN4O2. The molecule has 4 rings (SSSR count). The van der Waals surface area contributed by atoms with Gasteiger partial charge in [0.15, 0.2) is 5.52 Å². The van der Waals surface area contributed by atoms with Crippen molar-refractivity contribution in [2.75, 3.05) is 19.8 Å². The number of halogens is 1. The van der Waals surface area contributed by atoms with Crippen LogP contribution in [-0.2, 0) is 4.74 Å². The van der Waals surface area contributed by atoms with E-state index in [0.29, 0.717) is 40.2 Å². The van der Waals surface area contributed by atoms with E-state index in [0.717, 1.165) is 31.6 Å². The maximum absolute atomic E-state index is 6.29. The average Bonchev–Trinajstić information content (AvgIpc) is 2.67. The first kappa shape index (κ1) is 16.2. The highest BCUT2D eigenvalue weighted by molar-refractivity contribution is 6.33. The third-order valence-electron chi connectivity index (χ3n) is 4.18. The third kappa shape index (κ3) is 3.55. The van der Waals surface area contributed by atoms with Crippen molar-refractivity contribution in [2.24, 2.45) is 5.92 Å². The van der Waals surface area contributed by atoms with Gasteiger partial charge in [0.05, 0.1) is 29.4 Å². The Morgan fingerprint density at radius 2 is 2.16 bits per heavy atom. The van der Waals surface area contributed by atoms with Gasteiger partial charge >= 0.3 is 0 Å². The molecule has 0 N–H and O–H groups in total. The smallest absolute Gasteiger partial charge is 0.242 e. The third-order valence-corrected chi connectivity index (χ3v) is 4.51. The molecule has 1 fully saturated rings. The second kappa shape index (κ2) is 7.29. The van der Waals surface area contributed by atoms with E-state index in [1.807, 2.05) is 6.07 Å². The standard InChI is InChI=1S/C18H17ClN4O2/c19-14-3-4-20-9-13(14)15-8-16-17(22-6-5-21-16)18(23-15)25-11-12-2-1-7-24-10-12/h3-6,8-9,12H,1-2,7,10-11H2/t12-/m0/s1. The van der Waals surface area contributed by atoms with Gasteiger partial charge in [-0.3, -0.25) is 9.97 Å². The van der Waals surface area contributed by atoms with Crippen LogP contribution in [0.3, 0.4) is 0 Å². The number of ether oxygens (including phenoxy) is 2. The van der Waals surface area contributed by atoms with Crippen LogP contribution in [0, 0.1) is 5.92 Å². The number of rotatable bonds is 4. The molecule has 128 valence electrons. The van der Waals surface area contributed by atoms with Crippen molar-refractivity contribution in [2.45, 2.75) is 12.8 Å². The number of fused-ring (bicyclic) bond motifs is 1. The van der Waals surface area contributed by atoms with Crippen LogP contribution in [0.1, 0.15) is 12.8 Å². The molecule has 1 atom stereocenters. The first-order valence-electron chi connectivity index (χ1n) is 8.23. The molecule has 0 aliphatic carbocycles. The Labute approximate surface area is 150 Å². The van der Waals surface area contributed by atoms with Crippen molar-refractivity contribution in [1.82, 2.24) is 19.9 Å². The Kier molecular flexibility index (Phi) is 4.72. The van der Waals surface area contributed by atoms with Gasteiger partial charge in [-0.05, 0) is 25.0 Å². The first-order valence-corrected chi connectivity index (χ1v) is 8.61. The van der Waals surface area contributed by atoms with Crippen LogP contribution in [0.15, 0.2) is 36.9 Å². The second-order valence-corrected chi connectivity index (χ2v) is 6.39. The predicted molar refractivity (Wildman–Crippen MR) is 94.6 cm³/mol. The molecule has 7 heteroatoms. The molecule has 0 unspecified atom stereocenters. The zero-order valence-electron chi connectivity index (χ0n) is 13.6. The summed E-state index contributed by atoms with van der Waals surface area (Å²) in [5.41, 5.74) is 2.76. The molecule has 1 aliphatic rings. The molecule has 25 heavy (non-hydrogen) atoms. The van der Waals surface area contributed by atoms with Gasteiger partial charge in [-0.2, -0.15) is 0 Å². The summed E-state index contributed by atoms with van der Waals surface area (Å²) in [6, 6.07) is 3.58. The molecule has 4 heterocycles. The highest BCUT2D eigenvalue weighted by atomic mass is 35.5. The van der Waals surface area contributed by atoms with Gasteiger partial charge in [0.25, 0.3) is 0 Å². The summed E-state index contributed by atoms with van der Waals surface area (Å²) < 4.78 is 11.5. The molecule has 0 spiro atoms. The van der Waals surface area contributed by atoms with Crippen molar-refractivity contribution in [3.05, 3.63) is 41.9 Å². The summed E-state index contributed by atoms with van der Waals surface area (Å²) in [5, 5.41) is 0.581. The molecule has 0 aromatic carbocycles. The van der Waals surface area contributed by atoms with E-state index >= 15 is 0 Å². The Morgan fingerprint density at radius 3 is 3.00 bits per heavy atom. The van der Waals surface area contributed by atoms with Crippen LogP contribution in [0.25, 0.3) is 22.3 Å². The minimum absolute atomic E-state index is 0.368. The lowest BCUT2D eigenvalue weighted by Gasteiger charge is -2.22. The van der Waals surface area contributed by atoms with E-state index in [1.165, 1.54) is 0 Å². The number of aromatic nitrogens is 4. The van der Waals surface area contributed by atoms with E-state index in [9.17, 15) is 0 Å². The zero-order chi connectivity index (χ0) is 17.1. The first-order chi connectivity index (χ1) is 12.3. The van der Waals surface area contributed by atoms with Crippen LogP contribution in [0.4, 0.5) is 0 Å². The Balaban J connectivity index is 1.70. The van der Waals surface area contributed by atoms with Crippen LogP contribution in [-0.4, -0.2) is 39.8 Å². The lowest BCUT2D eigenvalue weighted by Crippen LogP contribution is -2.23. The van der Waals surface area contributed by atoms with Crippen LogP contribution < -0.4 is 4.74 Å². The van der Waals surface area contributed by atoms with Crippen LogP contribution in [0.2, 0.25) is 5.02 Å². The summed E-state index contributed by atoms with van der Waals surface area (Å²) in [7, 11) is 0. The van der Waals surface area contributed by atoms with Gasteiger partial charge in [-0.15, -0.1) is 0 Å². The SMILES string of the molecule is Clc1ccncc1-c1cc2nccnc2c(OC[C@H]2CCCOC2)n1. The van der Waals surface area contributed by atoms with Crippen molar-refractivity contribution >= 4 is 22.6 Å². The van der Waals surface area contributed by atoms with Crippen molar-refractivity contribution < 1.29 is 9.47 Å². The fourth-order valence-electron chi connectivity index (χ4n) is 2.88. The molecule has 0 amide bonds. The van der Waals surface area contributed by atoms with Crippen LogP contribution in [0.5, 0.6) is 5.88 Å².